The average molecular weight is 246 g/mol. The van der Waals surface area contributed by atoms with Crippen LogP contribution < -0.4 is 5.73 Å². The second-order valence-electron chi connectivity index (χ2n) is 3.64. The van der Waals surface area contributed by atoms with Crippen molar-refractivity contribution < 1.29 is 15.0 Å². The summed E-state index contributed by atoms with van der Waals surface area (Å²) >= 11 is 0. The van der Waals surface area contributed by atoms with Gasteiger partial charge in [-0.15, -0.1) is 12.4 Å². The zero-order chi connectivity index (χ0) is 11.6. The summed E-state index contributed by atoms with van der Waals surface area (Å²) in [5.74, 6) is -0.791. The number of halogens is 1. The quantitative estimate of drug-likeness (QED) is 0.751. The van der Waals surface area contributed by atoms with Crippen molar-refractivity contribution >= 4 is 18.4 Å². The molecule has 0 aromatic heterocycles. The Morgan fingerprint density at radius 3 is 2.44 bits per heavy atom. The number of nitrogens with two attached hydrogens (primary N) is 1. The number of hydrogen-bond acceptors (Lipinski definition) is 3. The van der Waals surface area contributed by atoms with Crippen molar-refractivity contribution in [2.24, 2.45) is 5.73 Å². The normalized spacial score (nSPS) is 11.7. The maximum absolute atomic E-state index is 10.6. The number of phenolic OH excluding ortho intramolecular Hbond substituents is 1. The molecule has 1 unspecified atom stereocenters. The highest BCUT2D eigenvalue weighted by molar-refractivity contribution is 5.85. The lowest BCUT2D eigenvalue weighted by atomic mass is 9.97. The molecule has 90 valence electrons. The summed E-state index contributed by atoms with van der Waals surface area (Å²) < 4.78 is 0. The van der Waals surface area contributed by atoms with Gasteiger partial charge in [0, 0.05) is 0 Å². The summed E-state index contributed by atoms with van der Waals surface area (Å²) in [5, 5.41) is 18.1. The maximum atomic E-state index is 10.6. The molecule has 1 rings (SSSR count). The van der Waals surface area contributed by atoms with Crippen LogP contribution in [0.15, 0.2) is 12.1 Å². The second kappa shape index (κ2) is 5.72. The molecule has 0 aliphatic heterocycles. The van der Waals surface area contributed by atoms with Gasteiger partial charge in [0.2, 0.25) is 0 Å². The van der Waals surface area contributed by atoms with Crippen molar-refractivity contribution in [3.8, 4) is 5.75 Å². The number of carboxylic acids is 1. The predicted molar refractivity (Wildman–Crippen MR) is 64.1 cm³/mol. The largest absolute Gasteiger partial charge is 0.508 e. The van der Waals surface area contributed by atoms with Gasteiger partial charge in [0.25, 0.3) is 0 Å². The van der Waals surface area contributed by atoms with E-state index >= 15 is 0 Å². The van der Waals surface area contributed by atoms with Crippen LogP contribution in [-0.2, 0) is 11.2 Å². The van der Waals surface area contributed by atoms with Crippen molar-refractivity contribution in [2.45, 2.75) is 26.3 Å². The third kappa shape index (κ3) is 3.12. The first-order chi connectivity index (χ1) is 6.93. The molecule has 4 N–H and O–H groups in total. The fourth-order valence-corrected chi connectivity index (χ4v) is 1.41. The van der Waals surface area contributed by atoms with E-state index in [0.717, 1.165) is 16.7 Å². The van der Waals surface area contributed by atoms with E-state index in [0.29, 0.717) is 0 Å². The highest BCUT2D eigenvalue weighted by Gasteiger charge is 2.14. The third-order valence-corrected chi connectivity index (χ3v) is 2.63. The van der Waals surface area contributed by atoms with Crippen LogP contribution in [0.3, 0.4) is 0 Å². The number of carbonyl (C=O) groups is 1. The first-order valence-electron chi connectivity index (χ1n) is 4.70. The van der Waals surface area contributed by atoms with Gasteiger partial charge in [0.05, 0.1) is 0 Å². The molecule has 0 aliphatic carbocycles. The van der Waals surface area contributed by atoms with E-state index in [2.05, 4.69) is 0 Å². The highest BCUT2D eigenvalue weighted by Crippen LogP contribution is 2.23. The number of carboxylic acid groups (broad SMARTS) is 1. The molecular formula is C11H16ClNO3. The molecule has 0 fully saturated rings. The first kappa shape index (κ1) is 14.7. The molecule has 0 spiro atoms. The van der Waals surface area contributed by atoms with Gasteiger partial charge in [-0.3, -0.25) is 4.79 Å². The predicted octanol–water partition coefficient (Wildman–Crippen LogP) is 1.39. The van der Waals surface area contributed by atoms with Crippen molar-refractivity contribution in [3.05, 3.63) is 28.8 Å². The highest BCUT2D eigenvalue weighted by atomic mass is 35.5. The van der Waals surface area contributed by atoms with Crippen LogP contribution in [0.2, 0.25) is 0 Å². The molecule has 16 heavy (non-hydrogen) atoms. The van der Waals surface area contributed by atoms with Crippen molar-refractivity contribution in [1.29, 1.82) is 0 Å². The molecule has 0 amide bonds. The van der Waals surface area contributed by atoms with Gasteiger partial charge < -0.3 is 15.9 Å². The van der Waals surface area contributed by atoms with E-state index in [-0.39, 0.29) is 24.6 Å². The molecule has 0 radical (unpaired) electrons. The smallest absolute Gasteiger partial charge is 0.320 e. The van der Waals surface area contributed by atoms with Gasteiger partial charge in [0.15, 0.2) is 0 Å². The summed E-state index contributed by atoms with van der Waals surface area (Å²) in [5.41, 5.74) is 7.97. The van der Waals surface area contributed by atoms with Gasteiger partial charge >= 0.3 is 5.97 Å². The maximum Gasteiger partial charge on any atom is 0.320 e. The minimum absolute atomic E-state index is 0. The lowest BCUT2D eigenvalue weighted by molar-refractivity contribution is -0.138. The van der Waals surface area contributed by atoms with Crippen LogP contribution in [0.4, 0.5) is 0 Å². The lowest BCUT2D eigenvalue weighted by Gasteiger charge is -2.12. The first-order valence-corrected chi connectivity index (χ1v) is 4.70. The number of aromatic hydroxyl groups is 1. The Kier molecular flexibility index (Phi) is 5.27. The SMILES string of the molecule is Cc1c(O)ccc(CC(N)C(=O)O)c1C.Cl. The number of benzene rings is 1. The Morgan fingerprint density at radius 1 is 1.38 bits per heavy atom. The van der Waals surface area contributed by atoms with E-state index in [4.69, 9.17) is 10.8 Å². The van der Waals surface area contributed by atoms with Crippen LogP contribution >= 0.6 is 12.4 Å². The Balaban J connectivity index is 0.00000225. The molecule has 1 aromatic carbocycles. The third-order valence-electron chi connectivity index (χ3n) is 2.63. The van der Waals surface area contributed by atoms with Gasteiger partial charge in [-0.2, -0.15) is 0 Å². The number of phenols is 1. The molecule has 0 bridgehead atoms. The van der Waals surface area contributed by atoms with E-state index < -0.39 is 12.0 Å². The summed E-state index contributed by atoms with van der Waals surface area (Å²) in [6.07, 6.45) is 0.280. The summed E-state index contributed by atoms with van der Waals surface area (Å²) in [4.78, 5) is 10.6. The van der Waals surface area contributed by atoms with Crippen molar-refractivity contribution in [2.75, 3.05) is 0 Å². The van der Waals surface area contributed by atoms with Crippen LogP contribution in [0.1, 0.15) is 16.7 Å². The molecule has 0 heterocycles. The van der Waals surface area contributed by atoms with E-state index in [1.807, 2.05) is 6.92 Å². The summed E-state index contributed by atoms with van der Waals surface area (Å²) in [6.45, 7) is 3.64. The van der Waals surface area contributed by atoms with Gasteiger partial charge in [-0.1, -0.05) is 6.07 Å². The van der Waals surface area contributed by atoms with Gasteiger partial charge in [-0.05, 0) is 43.0 Å². The number of rotatable bonds is 3. The minimum Gasteiger partial charge on any atom is -0.508 e. The van der Waals surface area contributed by atoms with E-state index in [9.17, 15) is 9.90 Å². The zero-order valence-electron chi connectivity index (χ0n) is 9.23. The Morgan fingerprint density at radius 2 is 1.94 bits per heavy atom. The lowest BCUT2D eigenvalue weighted by Crippen LogP contribution is -2.32. The molecular weight excluding hydrogens is 230 g/mol. The van der Waals surface area contributed by atoms with Crippen LogP contribution in [0.5, 0.6) is 5.75 Å². The molecule has 0 saturated carbocycles. The summed E-state index contributed by atoms with van der Waals surface area (Å²) in [6, 6.07) is 2.37. The fourth-order valence-electron chi connectivity index (χ4n) is 1.41. The van der Waals surface area contributed by atoms with E-state index in [1.54, 1.807) is 19.1 Å². The topological polar surface area (TPSA) is 83.5 Å². The van der Waals surface area contributed by atoms with Gasteiger partial charge in [0.1, 0.15) is 11.8 Å². The minimum atomic E-state index is -1.01. The molecule has 1 aromatic rings. The van der Waals surface area contributed by atoms with Gasteiger partial charge in [-0.25, -0.2) is 0 Å². The monoisotopic (exact) mass is 245 g/mol. The van der Waals surface area contributed by atoms with Crippen molar-refractivity contribution in [3.63, 3.8) is 0 Å². The zero-order valence-corrected chi connectivity index (χ0v) is 10.0. The molecule has 0 saturated heterocycles. The number of hydrogen-bond donors (Lipinski definition) is 3. The molecule has 5 heteroatoms. The average Bonchev–Trinajstić information content (AvgIpc) is 2.18. The molecule has 0 aliphatic rings. The van der Waals surface area contributed by atoms with Crippen LogP contribution in [0.25, 0.3) is 0 Å². The number of aliphatic carboxylic acids is 1. The van der Waals surface area contributed by atoms with Crippen LogP contribution in [-0.4, -0.2) is 22.2 Å². The standard InChI is InChI=1S/C11H15NO3.ClH/c1-6-7(2)10(13)4-3-8(6)5-9(12)11(14)15;/h3-4,9,13H,5,12H2,1-2H3,(H,14,15);1H. The second-order valence-corrected chi connectivity index (χ2v) is 3.64. The van der Waals surface area contributed by atoms with Crippen molar-refractivity contribution in [1.82, 2.24) is 0 Å². The molecule has 4 nitrogen and oxygen atoms in total. The Labute approximate surface area is 100 Å². The fraction of sp³-hybridized carbons (Fsp3) is 0.364. The molecule has 1 atom stereocenters. The summed E-state index contributed by atoms with van der Waals surface area (Å²) in [7, 11) is 0. The van der Waals surface area contributed by atoms with Crippen LogP contribution in [0, 0.1) is 13.8 Å². The Bertz CT molecular complexity index is 393. The Hall–Kier alpha value is -1.26. The van der Waals surface area contributed by atoms with E-state index in [1.165, 1.54) is 0 Å².